The van der Waals surface area contributed by atoms with Gasteiger partial charge >= 0.3 is 6.31 Å². The Hall–Kier alpha value is 0.505. The van der Waals surface area contributed by atoms with Crippen molar-refractivity contribution in [3.8, 4) is 0 Å². The normalized spacial score (nSPS) is 13.3. The van der Waals surface area contributed by atoms with E-state index in [1.807, 2.05) is 0 Å². The number of hydrogen-bond donors (Lipinski definition) is 0. The highest BCUT2D eigenvalue weighted by molar-refractivity contribution is 9.23. The molecule has 0 saturated carbocycles. The molecule has 0 aliphatic rings. The van der Waals surface area contributed by atoms with Crippen molar-refractivity contribution in [2.45, 2.75) is 46.5 Å². The van der Waals surface area contributed by atoms with Crippen LogP contribution in [0.15, 0.2) is 0 Å². The molecule has 0 saturated heterocycles. The molecular formula is C10H21BBrO. The van der Waals surface area contributed by atoms with E-state index in [9.17, 15) is 0 Å². The maximum atomic E-state index is 5.12. The third-order valence-corrected chi connectivity index (χ3v) is 2.53. The van der Waals surface area contributed by atoms with Gasteiger partial charge in [-0.3, -0.25) is 0 Å². The zero-order valence-corrected chi connectivity index (χ0v) is 10.6. The van der Waals surface area contributed by atoms with Crippen LogP contribution in [-0.4, -0.2) is 12.9 Å². The average Bonchev–Trinajstić information content (AvgIpc) is 2.04. The zero-order chi connectivity index (χ0) is 10.1. The number of halogens is 1. The van der Waals surface area contributed by atoms with E-state index in [2.05, 4.69) is 36.5 Å². The number of rotatable bonds is 8. The summed E-state index contributed by atoms with van der Waals surface area (Å²) in [6.07, 6.45) is 6.81. The molecule has 13 heavy (non-hydrogen) atoms. The Bertz CT molecular complexity index is 109. The summed E-state index contributed by atoms with van der Waals surface area (Å²) >= 11 is 3.12. The summed E-state index contributed by atoms with van der Waals surface area (Å²) in [7, 11) is 0. The standard InChI is InChI=1S/C10H21BBrO/c1-9(2)5-4-6-10(3)7-8-13-11-12/h9-10H,4-8H2,1-3H3. The highest BCUT2D eigenvalue weighted by Crippen LogP contribution is 2.14. The van der Waals surface area contributed by atoms with E-state index in [0.29, 0.717) is 0 Å². The molecule has 0 amide bonds. The summed E-state index contributed by atoms with van der Waals surface area (Å²) in [5.74, 6) is 1.64. The minimum Gasteiger partial charge on any atom is -0.428 e. The maximum Gasteiger partial charge on any atom is 0.381 e. The first-order chi connectivity index (χ1) is 6.16. The molecular weight excluding hydrogens is 227 g/mol. The Balaban J connectivity index is 3.15. The second-order valence-corrected chi connectivity index (χ2v) is 4.55. The molecule has 0 rings (SSSR count). The van der Waals surface area contributed by atoms with E-state index < -0.39 is 0 Å². The van der Waals surface area contributed by atoms with Crippen LogP contribution in [0.5, 0.6) is 0 Å². The zero-order valence-electron chi connectivity index (χ0n) is 9.05. The Morgan fingerprint density at radius 3 is 2.38 bits per heavy atom. The summed E-state index contributed by atoms with van der Waals surface area (Å²) in [6, 6.07) is 0. The van der Waals surface area contributed by atoms with Crippen LogP contribution < -0.4 is 0 Å². The van der Waals surface area contributed by atoms with E-state index >= 15 is 0 Å². The van der Waals surface area contributed by atoms with Crippen molar-refractivity contribution in [2.75, 3.05) is 6.61 Å². The third-order valence-electron chi connectivity index (χ3n) is 2.27. The SMILES string of the molecule is CC(C)CCCC(C)CCO[B]Br. The molecule has 1 atom stereocenters. The monoisotopic (exact) mass is 247 g/mol. The fourth-order valence-corrected chi connectivity index (χ4v) is 1.52. The predicted octanol–water partition coefficient (Wildman–Crippen LogP) is 3.78. The Kier molecular flexibility index (Phi) is 9.43. The molecule has 1 nitrogen and oxygen atoms in total. The molecule has 0 heterocycles. The topological polar surface area (TPSA) is 9.23 Å². The smallest absolute Gasteiger partial charge is 0.381 e. The van der Waals surface area contributed by atoms with Gasteiger partial charge in [0.2, 0.25) is 0 Å². The lowest BCUT2D eigenvalue weighted by molar-refractivity contribution is 0.295. The summed E-state index contributed by atoms with van der Waals surface area (Å²) in [5.41, 5.74) is 0. The first-order valence-corrected chi connectivity index (χ1v) is 6.12. The second-order valence-electron chi connectivity index (χ2n) is 4.18. The van der Waals surface area contributed by atoms with Crippen LogP contribution in [0.25, 0.3) is 0 Å². The summed E-state index contributed by atoms with van der Waals surface area (Å²) < 4.78 is 5.12. The molecule has 1 unspecified atom stereocenters. The van der Waals surface area contributed by atoms with Crippen molar-refractivity contribution < 1.29 is 4.65 Å². The molecule has 0 aromatic rings. The van der Waals surface area contributed by atoms with Crippen LogP contribution in [0.3, 0.4) is 0 Å². The van der Waals surface area contributed by atoms with Crippen LogP contribution in [0, 0.1) is 11.8 Å². The Labute approximate surface area is 91.9 Å². The first-order valence-electron chi connectivity index (χ1n) is 5.20. The minimum atomic E-state index is 0.797. The van der Waals surface area contributed by atoms with Gasteiger partial charge in [-0.15, -0.1) is 15.8 Å². The van der Waals surface area contributed by atoms with Crippen LogP contribution in [0.4, 0.5) is 0 Å². The maximum absolute atomic E-state index is 5.12. The largest absolute Gasteiger partial charge is 0.428 e. The van der Waals surface area contributed by atoms with E-state index in [1.165, 1.54) is 25.7 Å². The van der Waals surface area contributed by atoms with E-state index in [0.717, 1.165) is 18.4 Å². The highest BCUT2D eigenvalue weighted by Gasteiger charge is 2.02. The summed E-state index contributed by atoms with van der Waals surface area (Å²) in [6.45, 7) is 7.72. The van der Waals surface area contributed by atoms with Crippen molar-refractivity contribution in [3.05, 3.63) is 0 Å². The van der Waals surface area contributed by atoms with E-state index in [4.69, 9.17) is 4.65 Å². The van der Waals surface area contributed by atoms with E-state index in [-0.39, 0.29) is 0 Å². The van der Waals surface area contributed by atoms with Crippen LogP contribution in [0.2, 0.25) is 0 Å². The molecule has 0 aromatic carbocycles. The fourth-order valence-electron chi connectivity index (χ4n) is 1.33. The second kappa shape index (κ2) is 9.08. The van der Waals surface area contributed by atoms with Gasteiger partial charge < -0.3 is 4.65 Å². The van der Waals surface area contributed by atoms with Gasteiger partial charge in [0.1, 0.15) is 0 Å². The molecule has 0 bridgehead atoms. The summed E-state index contributed by atoms with van der Waals surface area (Å²) in [5, 5.41) is 0. The molecule has 77 valence electrons. The van der Waals surface area contributed by atoms with Gasteiger partial charge in [-0.25, -0.2) is 0 Å². The van der Waals surface area contributed by atoms with Gasteiger partial charge in [-0.05, 0) is 18.3 Å². The lowest BCUT2D eigenvalue weighted by atomic mass is 9.98. The van der Waals surface area contributed by atoms with Crippen LogP contribution in [-0.2, 0) is 4.65 Å². The lowest BCUT2D eigenvalue weighted by Crippen LogP contribution is -2.02. The van der Waals surface area contributed by atoms with E-state index in [1.54, 1.807) is 6.31 Å². The molecule has 0 aromatic heterocycles. The van der Waals surface area contributed by atoms with Crippen molar-refractivity contribution in [2.24, 2.45) is 11.8 Å². The van der Waals surface area contributed by atoms with Gasteiger partial charge in [0.05, 0.1) is 0 Å². The van der Waals surface area contributed by atoms with Crippen molar-refractivity contribution in [1.82, 2.24) is 0 Å². The van der Waals surface area contributed by atoms with Crippen LogP contribution in [0.1, 0.15) is 46.5 Å². The predicted molar refractivity (Wildman–Crippen MR) is 63.1 cm³/mol. The Morgan fingerprint density at radius 1 is 1.15 bits per heavy atom. The van der Waals surface area contributed by atoms with Gasteiger partial charge in [0.25, 0.3) is 0 Å². The summed E-state index contributed by atoms with van der Waals surface area (Å²) in [4.78, 5) is 0. The molecule has 0 aliphatic heterocycles. The molecule has 3 heteroatoms. The first kappa shape index (κ1) is 13.5. The fraction of sp³-hybridized carbons (Fsp3) is 1.00. The molecule has 0 N–H and O–H groups in total. The molecule has 0 spiro atoms. The van der Waals surface area contributed by atoms with Crippen molar-refractivity contribution in [1.29, 1.82) is 0 Å². The molecule has 1 radical (unpaired) electrons. The van der Waals surface area contributed by atoms with Gasteiger partial charge in [-0.1, -0.05) is 40.0 Å². The third kappa shape index (κ3) is 10.4. The van der Waals surface area contributed by atoms with Crippen LogP contribution >= 0.6 is 15.8 Å². The molecule has 0 aliphatic carbocycles. The van der Waals surface area contributed by atoms with Crippen molar-refractivity contribution >= 4 is 22.1 Å². The highest BCUT2D eigenvalue weighted by atomic mass is 79.9. The number of hydrogen-bond acceptors (Lipinski definition) is 1. The van der Waals surface area contributed by atoms with Gasteiger partial charge in [-0.2, -0.15) is 0 Å². The lowest BCUT2D eigenvalue weighted by Gasteiger charge is -2.11. The van der Waals surface area contributed by atoms with Gasteiger partial charge in [0, 0.05) is 6.61 Å². The molecule has 0 fully saturated rings. The minimum absolute atomic E-state index is 0.797. The van der Waals surface area contributed by atoms with Crippen molar-refractivity contribution in [3.63, 3.8) is 0 Å². The van der Waals surface area contributed by atoms with Gasteiger partial charge in [0.15, 0.2) is 0 Å². The quantitative estimate of drug-likeness (QED) is 0.469. The Morgan fingerprint density at radius 2 is 1.85 bits per heavy atom. The average molecular weight is 248 g/mol.